The highest BCUT2D eigenvalue weighted by Crippen LogP contribution is 1.93. The first kappa shape index (κ1) is 16.9. The predicted molar refractivity (Wildman–Crippen MR) is 68.0 cm³/mol. The van der Waals surface area contributed by atoms with E-state index in [0.29, 0.717) is 19.1 Å². The van der Waals surface area contributed by atoms with Gasteiger partial charge in [-0.3, -0.25) is 9.59 Å². The fraction of sp³-hybridized carbons (Fsp3) is 0.833. The molecule has 6 nitrogen and oxygen atoms in total. The van der Waals surface area contributed by atoms with Crippen LogP contribution in [-0.4, -0.2) is 49.3 Å². The second kappa shape index (κ2) is 9.85. The van der Waals surface area contributed by atoms with Crippen LogP contribution in [0.3, 0.4) is 0 Å². The van der Waals surface area contributed by atoms with Crippen LogP contribution in [0.5, 0.6) is 0 Å². The summed E-state index contributed by atoms with van der Waals surface area (Å²) in [6.45, 7) is 6.98. The molecule has 0 aliphatic heterocycles. The number of esters is 1. The Morgan fingerprint density at radius 1 is 1.28 bits per heavy atom. The van der Waals surface area contributed by atoms with Crippen molar-refractivity contribution in [3.8, 4) is 0 Å². The van der Waals surface area contributed by atoms with Crippen LogP contribution < -0.4 is 10.6 Å². The molecule has 1 amide bonds. The Balaban J connectivity index is 3.58. The van der Waals surface area contributed by atoms with Crippen molar-refractivity contribution in [2.75, 3.05) is 26.2 Å². The van der Waals surface area contributed by atoms with Crippen molar-refractivity contribution < 1.29 is 19.4 Å². The van der Waals surface area contributed by atoms with Gasteiger partial charge in [-0.2, -0.15) is 0 Å². The largest absolute Gasteiger partial charge is 0.466 e. The van der Waals surface area contributed by atoms with E-state index in [0.717, 1.165) is 0 Å². The van der Waals surface area contributed by atoms with E-state index in [4.69, 9.17) is 4.74 Å². The minimum Gasteiger partial charge on any atom is -0.466 e. The molecule has 0 aliphatic rings. The smallest absolute Gasteiger partial charge is 0.308 e. The molecule has 0 saturated heterocycles. The minimum absolute atomic E-state index is 0.0611. The van der Waals surface area contributed by atoms with Crippen LogP contribution in [0.25, 0.3) is 0 Å². The summed E-state index contributed by atoms with van der Waals surface area (Å²) in [6.07, 6.45) is -0.893. The number of hydrogen-bond acceptors (Lipinski definition) is 5. The molecule has 106 valence electrons. The number of rotatable bonds is 9. The first-order valence-electron chi connectivity index (χ1n) is 6.26. The Hall–Kier alpha value is -1.14. The molecule has 3 N–H and O–H groups in total. The van der Waals surface area contributed by atoms with Crippen molar-refractivity contribution in [3.05, 3.63) is 0 Å². The lowest BCUT2D eigenvalue weighted by molar-refractivity contribution is -0.145. The molecule has 0 saturated carbocycles. The number of carbonyl (C=O) groups is 2. The van der Waals surface area contributed by atoms with E-state index in [-0.39, 0.29) is 25.4 Å². The number of amides is 1. The third-order valence-corrected chi connectivity index (χ3v) is 2.08. The van der Waals surface area contributed by atoms with Crippen LogP contribution in [-0.2, 0) is 14.3 Å². The minimum atomic E-state index is -0.832. The Morgan fingerprint density at radius 2 is 1.94 bits per heavy atom. The highest BCUT2D eigenvalue weighted by molar-refractivity contribution is 5.78. The van der Waals surface area contributed by atoms with Crippen LogP contribution in [0, 0.1) is 5.92 Å². The van der Waals surface area contributed by atoms with E-state index in [9.17, 15) is 14.7 Å². The molecule has 18 heavy (non-hydrogen) atoms. The molecule has 0 heterocycles. The van der Waals surface area contributed by atoms with Crippen molar-refractivity contribution in [1.29, 1.82) is 0 Å². The fourth-order valence-electron chi connectivity index (χ4n) is 1.22. The average Bonchev–Trinajstić information content (AvgIpc) is 2.26. The van der Waals surface area contributed by atoms with Crippen molar-refractivity contribution >= 4 is 11.9 Å². The van der Waals surface area contributed by atoms with Gasteiger partial charge in [-0.25, -0.2) is 0 Å². The van der Waals surface area contributed by atoms with E-state index in [1.165, 1.54) is 0 Å². The average molecular weight is 260 g/mol. The molecule has 6 heteroatoms. The van der Waals surface area contributed by atoms with Crippen LogP contribution >= 0.6 is 0 Å². The van der Waals surface area contributed by atoms with Gasteiger partial charge in [0, 0.05) is 13.1 Å². The third kappa shape index (κ3) is 10.0. The maximum absolute atomic E-state index is 11.3. The van der Waals surface area contributed by atoms with Gasteiger partial charge in [-0.1, -0.05) is 13.8 Å². The zero-order valence-corrected chi connectivity index (χ0v) is 11.4. The van der Waals surface area contributed by atoms with Crippen LogP contribution in [0.1, 0.15) is 27.2 Å². The van der Waals surface area contributed by atoms with E-state index in [2.05, 4.69) is 10.6 Å². The summed E-state index contributed by atoms with van der Waals surface area (Å²) < 4.78 is 4.70. The third-order valence-electron chi connectivity index (χ3n) is 2.08. The van der Waals surface area contributed by atoms with Crippen LogP contribution in [0.4, 0.5) is 0 Å². The molecule has 0 bridgehead atoms. The number of carbonyl (C=O) groups excluding carboxylic acids is 2. The van der Waals surface area contributed by atoms with Crippen LogP contribution in [0.2, 0.25) is 0 Å². The van der Waals surface area contributed by atoms with Gasteiger partial charge in [0.2, 0.25) is 5.91 Å². The molecule has 0 aromatic carbocycles. The molecule has 0 fully saturated rings. The fourth-order valence-corrected chi connectivity index (χ4v) is 1.22. The summed E-state index contributed by atoms with van der Waals surface area (Å²) in [5, 5.41) is 15.0. The number of hydrogen-bond donors (Lipinski definition) is 3. The normalized spacial score (nSPS) is 12.3. The van der Waals surface area contributed by atoms with Crippen molar-refractivity contribution in [2.24, 2.45) is 5.92 Å². The van der Waals surface area contributed by atoms with Crippen molar-refractivity contribution in [1.82, 2.24) is 10.6 Å². The van der Waals surface area contributed by atoms with Crippen molar-refractivity contribution in [2.45, 2.75) is 33.3 Å². The quantitative estimate of drug-likeness (QED) is 0.494. The van der Waals surface area contributed by atoms with Gasteiger partial charge in [0.05, 0.1) is 25.7 Å². The predicted octanol–water partition coefficient (Wildman–Crippen LogP) is -0.338. The maximum atomic E-state index is 11.3. The maximum Gasteiger partial charge on any atom is 0.308 e. The molecular weight excluding hydrogens is 236 g/mol. The molecular formula is C12H24N2O4. The highest BCUT2D eigenvalue weighted by atomic mass is 16.5. The number of aliphatic hydroxyl groups excluding tert-OH is 1. The standard InChI is InChI=1S/C12H24N2O4/c1-4-18-12(17)5-10(15)7-13-8-11(16)14-6-9(2)3/h9-10,13,15H,4-8H2,1-3H3,(H,14,16). The van der Waals surface area contributed by atoms with Gasteiger partial charge in [0.1, 0.15) is 0 Å². The van der Waals surface area contributed by atoms with Gasteiger partial charge in [-0.05, 0) is 12.8 Å². The molecule has 0 aromatic heterocycles. The Labute approximate surface area is 108 Å². The van der Waals surface area contributed by atoms with E-state index < -0.39 is 12.1 Å². The van der Waals surface area contributed by atoms with E-state index in [1.807, 2.05) is 13.8 Å². The second-order valence-electron chi connectivity index (χ2n) is 4.49. The monoisotopic (exact) mass is 260 g/mol. The van der Waals surface area contributed by atoms with Gasteiger partial charge >= 0.3 is 5.97 Å². The van der Waals surface area contributed by atoms with Gasteiger partial charge < -0.3 is 20.5 Å². The summed E-state index contributed by atoms with van der Waals surface area (Å²) in [5.41, 5.74) is 0. The zero-order chi connectivity index (χ0) is 14.0. The van der Waals surface area contributed by atoms with E-state index in [1.54, 1.807) is 6.92 Å². The first-order valence-corrected chi connectivity index (χ1v) is 6.26. The lowest BCUT2D eigenvalue weighted by atomic mass is 10.2. The molecule has 1 atom stereocenters. The Kier molecular flexibility index (Phi) is 9.22. The van der Waals surface area contributed by atoms with Gasteiger partial charge in [-0.15, -0.1) is 0 Å². The topological polar surface area (TPSA) is 87.7 Å². The molecule has 0 rings (SSSR count). The van der Waals surface area contributed by atoms with E-state index >= 15 is 0 Å². The Bertz CT molecular complexity index is 256. The SMILES string of the molecule is CCOC(=O)CC(O)CNCC(=O)NCC(C)C. The lowest BCUT2D eigenvalue weighted by Gasteiger charge is -2.12. The first-order chi connectivity index (χ1) is 8.45. The summed E-state index contributed by atoms with van der Waals surface area (Å²) in [7, 11) is 0. The zero-order valence-electron chi connectivity index (χ0n) is 11.4. The molecule has 0 radical (unpaired) electrons. The number of ether oxygens (including phenoxy) is 1. The number of nitrogens with one attached hydrogen (secondary N) is 2. The summed E-state index contributed by atoms with van der Waals surface area (Å²) in [5.74, 6) is -0.147. The lowest BCUT2D eigenvalue weighted by Crippen LogP contribution is -2.39. The molecule has 1 unspecified atom stereocenters. The summed E-state index contributed by atoms with van der Waals surface area (Å²) in [4.78, 5) is 22.3. The van der Waals surface area contributed by atoms with Gasteiger partial charge in [0.25, 0.3) is 0 Å². The highest BCUT2D eigenvalue weighted by Gasteiger charge is 2.11. The molecule has 0 aromatic rings. The summed E-state index contributed by atoms with van der Waals surface area (Å²) in [6, 6.07) is 0. The van der Waals surface area contributed by atoms with Crippen LogP contribution in [0.15, 0.2) is 0 Å². The Morgan fingerprint density at radius 3 is 2.50 bits per heavy atom. The molecule has 0 aliphatic carbocycles. The molecule has 0 spiro atoms. The van der Waals surface area contributed by atoms with Crippen molar-refractivity contribution in [3.63, 3.8) is 0 Å². The number of aliphatic hydroxyl groups is 1. The second-order valence-corrected chi connectivity index (χ2v) is 4.49. The summed E-state index contributed by atoms with van der Waals surface area (Å²) >= 11 is 0. The van der Waals surface area contributed by atoms with Gasteiger partial charge in [0.15, 0.2) is 0 Å².